The van der Waals surface area contributed by atoms with E-state index in [0.29, 0.717) is 29.0 Å². The molecule has 0 saturated heterocycles. The number of methoxy groups -OCH3 is 1. The lowest BCUT2D eigenvalue weighted by Crippen LogP contribution is -2.06. The molecule has 0 bridgehead atoms. The van der Waals surface area contributed by atoms with Crippen molar-refractivity contribution < 1.29 is 30.5 Å². The summed E-state index contributed by atoms with van der Waals surface area (Å²) in [7, 11) is -1.96. The van der Waals surface area contributed by atoms with E-state index in [1.54, 1.807) is 48.5 Å². The molecule has 29 heavy (non-hydrogen) atoms. The molecule has 154 valence electrons. The van der Waals surface area contributed by atoms with Gasteiger partial charge in [-0.2, -0.15) is 17.2 Å². The molecule has 3 aromatic rings. The Labute approximate surface area is 167 Å². The highest BCUT2D eigenvalue weighted by Crippen LogP contribution is 2.36. The molecule has 0 fully saturated rings. The Kier molecular flexibility index (Phi) is 6.29. The van der Waals surface area contributed by atoms with Crippen LogP contribution in [0.2, 0.25) is 0 Å². The third-order valence-corrected chi connectivity index (χ3v) is 4.69. The van der Waals surface area contributed by atoms with Gasteiger partial charge < -0.3 is 9.15 Å². The van der Waals surface area contributed by atoms with Gasteiger partial charge >= 0.3 is 6.43 Å². The van der Waals surface area contributed by atoms with Crippen molar-refractivity contribution in [3.05, 3.63) is 60.0 Å². The van der Waals surface area contributed by atoms with E-state index in [1.165, 1.54) is 7.11 Å². The van der Waals surface area contributed by atoms with E-state index >= 15 is 0 Å². The normalized spacial score (nSPS) is 11.8. The molecular formula is C20H19F2NO5S. The van der Waals surface area contributed by atoms with Gasteiger partial charge in [0.15, 0.2) is 5.76 Å². The molecule has 1 heterocycles. The standard InChI is InChI=1S/C20H19F2NO5S/c1-26-16-9-7-14(8-10-16)17-18(28-20(23-17)19(21)22)15-5-3-13(4-6-15)11-12-27-29(2,24)25/h3-10,19H,11-12H2,1-2H3. The van der Waals surface area contributed by atoms with Gasteiger partial charge in [-0.25, -0.2) is 4.98 Å². The molecule has 0 radical (unpaired) electrons. The minimum Gasteiger partial charge on any atom is -0.497 e. The smallest absolute Gasteiger partial charge is 0.313 e. The minimum absolute atomic E-state index is 0.0209. The van der Waals surface area contributed by atoms with Crippen molar-refractivity contribution in [3.63, 3.8) is 0 Å². The van der Waals surface area contributed by atoms with Crippen LogP contribution in [0.15, 0.2) is 52.9 Å². The van der Waals surface area contributed by atoms with Crippen LogP contribution in [0.1, 0.15) is 17.9 Å². The van der Waals surface area contributed by atoms with E-state index in [9.17, 15) is 17.2 Å². The average Bonchev–Trinajstić information content (AvgIpc) is 3.13. The Morgan fingerprint density at radius 1 is 1.03 bits per heavy atom. The maximum Gasteiger partial charge on any atom is 0.313 e. The predicted octanol–water partition coefficient (Wildman–Crippen LogP) is 4.47. The maximum absolute atomic E-state index is 13.2. The van der Waals surface area contributed by atoms with Gasteiger partial charge in [0.25, 0.3) is 16.0 Å². The van der Waals surface area contributed by atoms with Gasteiger partial charge in [-0.1, -0.05) is 24.3 Å². The first-order valence-electron chi connectivity index (χ1n) is 8.64. The van der Waals surface area contributed by atoms with Crippen LogP contribution in [0.5, 0.6) is 5.75 Å². The summed E-state index contributed by atoms with van der Waals surface area (Å²) in [6.45, 7) is 0.0209. The van der Waals surface area contributed by atoms with Crippen molar-refractivity contribution in [2.75, 3.05) is 20.0 Å². The number of halogens is 2. The fourth-order valence-corrected chi connectivity index (χ4v) is 3.09. The van der Waals surface area contributed by atoms with Crippen molar-refractivity contribution in [1.82, 2.24) is 4.98 Å². The number of hydrogen-bond acceptors (Lipinski definition) is 6. The molecule has 1 aromatic heterocycles. The zero-order valence-electron chi connectivity index (χ0n) is 15.8. The largest absolute Gasteiger partial charge is 0.497 e. The molecule has 0 aliphatic carbocycles. The summed E-state index contributed by atoms with van der Waals surface area (Å²) in [4.78, 5) is 3.97. The highest BCUT2D eigenvalue weighted by molar-refractivity contribution is 7.85. The number of nitrogens with zero attached hydrogens (tertiary/aromatic N) is 1. The molecule has 2 aromatic carbocycles. The number of ether oxygens (including phenoxy) is 1. The van der Waals surface area contributed by atoms with Crippen LogP contribution in [0.3, 0.4) is 0 Å². The fraction of sp³-hybridized carbons (Fsp3) is 0.250. The van der Waals surface area contributed by atoms with Crippen molar-refractivity contribution in [2.24, 2.45) is 0 Å². The van der Waals surface area contributed by atoms with Crippen LogP contribution in [-0.4, -0.2) is 33.4 Å². The number of rotatable bonds is 8. The number of benzene rings is 2. The van der Waals surface area contributed by atoms with Crippen LogP contribution in [-0.2, 0) is 20.7 Å². The van der Waals surface area contributed by atoms with E-state index < -0.39 is 22.4 Å². The molecule has 0 saturated carbocycles. The summed E-state index contributed by atoms with van der Waals surface area (Å²) in [5.74, 6) is 0.203. The van der Waals surface area contributed by atoms with Crippen LogP contribution in [0.4, 0.5) is 8.78 Å². The Morgan fingerprint density at radius 2 is 1.66 bits per heavy atom. The first-order valence-corrected chi connectivity index (χ1v) is 10.5. The SMILES string of the molecule is COc1ccc(-c2nc(C(F)F)oc2-c2ccc(CCOS(C)(=O)=O)cc2)cc1. The van der Waals surface area contributed by atoms with E-state index in [-0.39, 0.29) is 12.4 Å². The molecule has 0 unspecified atom stereocenters. The van der Waals surface area contributed by atoms with E-state index in [2.05, 4.69) is 4.98 Å². The Morgan fingerprint density at radius 3 is 2.21 bits per heavy atom. The average molecular weight is 423 g/mol. The highest BCUT2D eigenvalue weighted by Gasteiger charge is 2.22. The quantitative estimate of drug-likeness (QED) is 0.498. The molecule has 6 nitrogen and oxygen atoms in total. The van der Waals surface area contributed by atoms with Crippen molar-refractivity contribution >= 4 is 10.1 Å². The topological polar surface area (TPSA) is 78.6 Å². The summed E-state index contributed by atoms with van der Waals surface area (Å²) < 4.78 is 63.6. The number of aromatic nitrogens is 1. The number of alkyl halides is 2. The molecule has 0 aliphatic rings. The molecule has 3 rings (SSSR count). The van der Waals surface area contributed by atoms with E-state index in [0.717, 1.165) is 11.8 Å². The lowest BCUT2D eigenvalue weighted by molar-refractivity contribution is 0.116. The summed E-state index contributed by atoms with van der Waals surface area (Å²) in [5, 5.41) is 0. The monoisotopic (exact) mass is 423 g/mol. The summed E-state index contributed by atoms with van der Waals surface area (Å²) in [6, 6.07) is 13.8. The second-order valence-electron chi connectivity index (χ2n) is 6.23. The van der Waals surface area contributed by atoms with Crippen LogP contribution in [0, 0.1) is 0 Å². The van der Waals surface area contributed by atoms with Crippen molar-refractivity contribution in [1.29, 1.82) is 0 Å². The van der Waals surface area contributed by atoms with Crippen LogP contribution < -0.4 is 4.74 Å². The third-order valence-electron chi connectivity index (χ3n) is 4.10. The predicted molar refractivity (Wildman–Crippen MR) is 103 cm³/mol. The Bertz CT molecular complexity index is 1060. The molecule has 0 spiro atoms. The first kappa shape index (κ1) is 20.9. The number of oxazole rings is 1. The highest BCUT2D eigenvalue weighted by atomic mass is 32.2. The van der Waals surface area contributed by atoms with Gasteiger partial charge in [0.1, 0.15) is 11.4 Å². The van der Waals surface area contributed by atoms with E-state index in [4.69, 9.17) is 13.3 Å². The first-order chi connectivity index (χ1) is 13.8. The van der Waals surface area contributed by atoms with Crippen LogP contribution >= 0.6 is 0 Å². The lowest BCUT2D eigenvalue weighted by Gasteiger charge is -2.05. The summed E-state index contributed by atoms with van der Waals surface area (Å²) >= 11 is 0. The van der Waals surface area contributed by atoms with Gasteiger partial charge in [0.05, 0.1) is 20.0 Å². The summed E-state index contributed by atoms with van der Waals surface area (Å²) in [5.41, 5.74) is 2.32. The molecule has 0 aliphatic heterocycles. The second kappa shape index (κ2) is 8.71. The van der Waals surface area contributed by atoms with Gasteiger partial charge in [-0.15, -0.1) is 0 Å². The van der Waals surface area contributed by atoms with Gasteiger partial charge in [0, 0.05) is 11.1 Å². The van der Waals surface area contributed by atoms with Gasteiger partial charge in [0.2, 0.25) is 0 Å². The number of hydrogen-bond donors (Lipinski definition) is 0. The van der Waals surface area contributed by atoms with Gasteiger partial charge in [-0.3, -0.25) is 4.18 Å². The van der Waals surface area contributed by atoms with Crippen LogP contribution in [0.25, 0.3) is 22.6 Å². The lowest BCUT2D eigenvalue weighted by atomic mass is 10.0. The maximum atomic E-state index is 13.2. The van der Waals surface area contributed by atoms with Gasteiger partial charge in [-0.05, 0) is 36.2 Å². The van der Waals surface area contributed by atoms with Crippen molar-refractivity contribution in [3.8, 4) is 28.3 Å². The second-order valence-corrected chi connectivity index (χ2v) is 7.88. The minimum atomic E-state index is -3.50. The van der Waals surface area contributed by atoms with Crippen molar-refractivity contribution in [2.45, 2.75) is 12.8 Å². The fourth-order valence-electron chi connectivity index (χ4n) is 2.70. The Hall–Kier alpha value is -2.78. The van der Waals surface area contributed by atoms with E-state index in [1.807, 2.05) is 0 Å². The molecule has 0 amide bonds. The molecular weight excluding hydrogens is 404 g/mol. The molecule has 0 N–H and O–H groups in total. The zero-order valence-corrected chi connectivity index (χ0v) is 16.6. The zero-order chi connectivity index (χ0) is 21.0. The molecule has 0 atom stereocenters. The molecule has 9 heteroatoms. The third kappa shape index (κ3) is 5.39. The Balaban J connectivity index is 1.88. The summed E-state index contributed by atoms with van der Waals surface area (Å²) in [6.07, 6.45) is -1.47.